The minimum atomic E-state index is -1.06. The van der Waals surface area contributed by atoms with Crippen LogP contribution in [0.1, 0.15) is 5.56 Å². The lowest BCUT2D eigenvalue weighted by molar-refractivity contribution is -0.134. The summed E-state index contributed by atoms with van der Waals surface area (Å²) in [6.45, 7) is 2.94. The van der Waals surface area contributed by atoms with E-state index < -0.39 is 6.09 Å². The summed E-state index contributed by atoms with van der Waals surface area (Å²) in [5.74, 6) is -0.198. The summed E-state index contributed by atoms with van der Waals surface area (Å²) in [5, 5.41) is 8.82. The van der Waals surface area contributed by atoms with Gasteiger partial charge in [0.05, 0.1) is 12.2 Å². The highest BCUT2D eigenvalue weighted by molar-refractivity contribution is 5.85. The average Bonchev–Trinajstić information content (AvgIpc) is 2.42. The zero-order chi connectivity index (χ0) is 14.5. The first-order chi connectivity index (χ1) is 9.58. The summed E-state index contributed by atoms with van der Waals surface area (Å²) in [6.07, 6.45) is 4.00. The fourth-order valence-electron chi connectivity index (χ4n) is 1.91. The van der Waals surface area contributed by atoms with Crippen molar-refractivity contribution < 1.29 is 14.7 Å². The number of hydrogen-bond acceptors (Lipinski definition) is 4. The van der Waals surface area contributed by atoms with Crippen LogP contribution in [0.15, 0.2) is 23.5 Å². The molecule has 1 saturated heterocycles. The van der Waals surface area contributed by atoms with E-state index in [1.54, 1.807) is 29.6 Å². The van der Waals surface area contributed by atoms with Crippen LogP contribution in [0.2, 0.25) is 0 Å². The Morgan fingerprint density at radius 2 is 2.35 bits per heavy atom. The average molecular weight is 276 g/mol. The standard InChI is InChI=1S/C13H16N4O3/c1-10-8-14-3-2-11(10)15-4-5-16-6-7-17(13(19)20)9-12(16)18/h2-4,8H,5-7,9H2,1H3,(H,19,20). The Bertz CT molecular complexity index is 544. The van der Waals surface area contributed by atoms with Gasteiger partial charge in [-0.3, -0.25) is 19.7 Å². The number of amides is 2. The molecule has 0 bridgehead atoms. The Morgan fingerprint density at radius 3 is 3.00 bits per heavy atom. The quantitative estimate of drug-likeness (QED) is 0.831. The van der Waals surface area contributed by atoms with Crippen molar-refractivity contribution in [1.82, 2.24) is 14.8 Å². The van der Waals surface area contributed by atoms with E-state index in [2.05, 4.69) is 9.98 Å². The number of carbonyl (C=O) groups excluding carboxylic acids is 1. The third kappa shape index (κ3) is 3.31. The molecular formula is C13H16N4O3. The van der Waals surface area contributed by atoms with Gasteiger partial charge in [-0.2, -0.15) is 0 Å². The Kier molecular flexibility index (Phi) is 4.29. The van der Waals surface area contributed by atoms with Crippen LogP contribution in [0, 0.1) is 6.92 Å². The van der Waals surface area contributed by atoms with Gasteiger partial charge in [-0.15, -0.1) is 0 Å². The second-order valence-electron chi connectivity index (χ2n) is 4.52. The van der Waals surface area contributed by atoms with Crippen LogP contribution < -0.4 is 0 Å². The lowest BCUT2D eigenvalue weighted by Gasteiger charge is -2.31. The van der Waals surface area contributed by atoms with Gasteiger partial charge in [-0.05, 0) is 18.6 Å². The lowest BCUT2D eigenvalue weighted by Crippen LogP contribution is -2.52. The summed E-state index contributed by atoms with van der Waals surface area (Å²) < 4.78 is 0. The molecular weight excluding hydrogens is 260 g/mol. The van der Waals surface area contributed by atoms with Crippen molar-refractivity contribution in [2.24, 2.45) is 4.99 Å². The topological polar surface area (TPSA) is 86.1 Å². The number of nitrogens with zero attached hydrogens (tertiary/aromatic N) is 4. The number of piperazine rings is 1. The van der Waals surface area contributed by atoms with Crippen LogP contribution in [0.25, 0.3) is 0 Å². The summed E-state index contributed by atoms with van der Waals surface area (Å²) in [7, 11) is 0. The molecule has 2 heterocycles. The fraction of sp³-hybridized carbons (Fsp3) is 0.385. The second kappa shape index (κ2) is 6.14. The molecule has 20 heavy (non-hydrogen) atoms. The SMILES string of the molecule is Cc1cnccc1N=CCN1CCN(C(=O)O)CC1=O. The molecule has 2 rings (SSSR count). The summed E-state index contributed by atoms with van der Waals surface area (Å²) in [5.41, 5.74) is 1.78. The number of carboxylic acid groups (broad SMARTS) is 1. The monoisotopic (exact) mass is 276 g/mol. The van der Waals surface area contributed by atoms with E-state index in [-0.39, 0.29) is 12.5 Å². The molecule has 0 spiro atoms. The van der Waals surface area contributed by atoms with Crippen molar-refractivity contribution in [1.29, 1.82) is 0 Å². The maximum absolute atomic E-state index is 11.8. The van der Waals surface area contributed by atoms with Crippen LogP contribution in [-0.4, -0.2) is 64.3 Å². The number of hydrogen-bond donors (Lipinski definition) is 1. The third-order valence-electron chi connectivity index (χ3n) is 3.11. The van der Waals surface area contributed by atoms with Gasteiger partial charge in [0, 0.05) is 31.7 Å². The van der Waals surface area contributed by atoms with Gasteiger partial charge >= 0.3 is 6.09 Å². The molecule has 0 atom stereocenters. The van der Waals surface area contributed by atoms with Crippen LogP contribution in [-0.2, 0) is 4.79 Å². The van der Waals surface area contributed by atoms with Crippen LogP contribution >= 0.6 is 0 Å². The summed E-state index contributed by atoms with van der Waals surface area (Å²) in [4.78, 5) is 33.5. The van der Waals surface area contributed by atoms with Crippen molar-refractivity contribution in [2.45, 2.75) is 6.92 Å². The summed E-state index contributed by atoms with van der Waals surface area (Å²) >= 11 is 0. The van der Waals surface area contributed by atoms with E-state index in [1.165, 1.54) is 0 Å². The highest BCUT2D eigenvalue weighted by atomic mass is 16.4. The van der Waals surface area contributed by atoms with Crippen LogP contribution in [0.3, 0.4) is 0 Å². The number of carbonyl (C=O) groups is 2. The maximum atomic E-state index is 11.8. The third-order valence-corrected chi connectivity index (χ3v) is 3.11. The van der Waals surface area contributed by atoms with E-state index in [1.807, 2.05) is 6.92 Å². The van der Waals surface area contributed by atoms with Gasteiger partial charge in [0.1, 0.15) is 6.54 Å². The first kappa shape index (κ1) is 14.0. The number of aryl methyl sites for hydroxylation is 1. The largest absolute Gasteiger partial charge is 0.465 e. The molecule has 0 aromatic carbocycles. The molecule has 7 heteroatoms. The molecule has 2 amide bonds. The molecule has 0 aliphatic carbocycles. The van der Waals surface area contributed by atoms with E-state index >= 15 is 0 Å². The first-order valence-corrected chi connectivity index (χ1v) is 6.26. The van der Waals surface area contributed by atoms with E-state index in [4.69, 9.17) is 5.11 Å². The number of pyridine rings is 1. The Morgan fingerprint density at radius 1 is 1.55 bits per heavy atom. The molecule has 0 saturated carbocycles. The van der Waals surface area contributed by atoms with Gasteiger partial charge in [0.2, 0.25) is 5.91 Å². The minimum Gasteiger partial charge on any atom is -0.465 e. The van der Waals surface area contributed by atoms with Gasteiger partial charge in [-0.25, -0.2) is 4.79 Å². The van der Waals surface area contributed by atoms with Crippen molar-refractivity contribution in [3.8, 4) is 0 Å². The minimum absolute atomic E-state index is 0.0859. The fourth-order valence-corrected chi connectivity index (χ4v) is 1.91. The molecule has 1 aromatic rings. The zero-order valence-corrected chi connectivity index (χ0v) is 11.2. The van der Waals surface area contributed by atoms with Crippen molar-refractivity contribution in [3.05, 3.63) is 24.0 Å². The highest BCUT2D eigenvalue weighted by Gasteiger charge is 2.25. The van der Waals surface area contributed by atoms with Gasteiger partial charge in [0.15, 0.2) is 0 Å². The smallest absolute Gasteiger partial charge is 0.407 e. The summed E-state index contributed by atoms with van der Waals surface area (Å²) in [6, 6.07) is 1.80. The molecule has 0 radical (unpaired) electrons. The molecule has 1 N–H and O–H groups in total. The van der Waals surface area contributed by atoms with Gasteiger partial charge in [0.25, 0.3) is 0 Å². The molecule has 1 aliphatic heterocycles. The van der Waals surface area contributed by atoms with Gasteiger partial charge in [-0.1, -0.05) is 0 Å². The maximum Gasteiger partial charge on any atom is 0.407 e. The first-order valence-electron chi connectivity index (χ1n) is 6.26. The highest BCUT2D eigenvalue weighted by Crippen LogP contribution is 2.14. The molecule has 0 unspecified atom stereocenters. The van der Waals surface area contributed by atoms with Crippen molar-refractivity contribution in [2.75, 3.05) is 26.2 Å². The van der Waals surface area contributed by atoms with E-state index in [0.29, 0.717) is 19.6 Å². The number of aliphatic imine (C=N–C) groups is 1. The number of rotatable bonds is 3. The number of aromatic nitrogens is 1. The molecule has 1 aliphatic rings. The van der Waals surface area contributed by atoms with Crippen LogP contribution in [0.5, 0.6) is 0 Å². The van der Waals surface area contributed by atoms with Gasteiger partial charge < -0.3 is 10.0 Å². The van der Waals surface area contributed by atoms with E-state index in [0.717, 1.165) is 16.2 Å². The Hall–Kier alpha value is -2.44. The Labute approximate surface area is 116 Å². The van der Waals surface area contributed by atoms with Crippen molar-refractivity contribution in [3.63, 3.8) is 0 Å². The lowest BCUT2D eigenvalue weighted by atomic mass is 10.3. The molecule has 106 valence electrons. The Balaban J connectivity index is 1.91. The zero-order valence-electron chi connectivity index (χ0n) is 11.2. The molecule has 1 aromatic heterocycles. The normalized spacial score (nSPS) is 15.9. The van der Waals surface area contributed by atoms with Crippen LogP contribution in [0.4, 0.5) is 10.5 Å². The predicted octanol–water partition coefficient (Wildman–Crippen LogP) is 0.915. The van der Waals surface area contributed by atoms with Crippen molar-refractivity contribution >= 4 is 23.9 Å². The predicted molar refractivity (Wildman–Crippen MR) is 73.3 cm³/mol. The van der Waals surface area contributed by atoms with E-state index in [9.17, 15) is 9.59 Å². The molecule has 1 fully saturated rings. The molecule has 7 nitrogen and oxygen atoms in total. The second-order valence-corrected chi connectivity index (χ2v) is 4.52.